The summed E-state index contributed by atoms with van der Waals surface area (Å²) in [5, 5.41) is 0. The Hall–Kier alpha value is -1.33. The lowest BCUT2D eigenvalue weighted by molar-refractivity contribution is 0.337. The minimum Gasteiger partial charge on any atom is -0.495 e. The van der Waals surface area contributed by atoms with E-state index in [2.05, 4.69) is 6.08 Å². The van der Waals surface area contributed by atoms with Gasteiger partial charge in [-0.1, -0.05) is 18.2 Å². The van der Waals surface area contributed by atoms with Gasteiger partial charge >= 0.3 is 0 Å². The van der Waals surface area contributed by atoms with Crippen LogP contribution in [0.2, 0.25) is 0 Å². The van der Waals surface area contributed by atoms with Crippen LogP contribution < -0.4 is 4.74 Å². The number of ether oxygens (including phenoxy) is 1. The standard InChI is InChI=1S/C15H19NO3S/c1-11-6-9-14(19-2)15(10-11)20(17,18)16-12-4-3-5-13(16)8-7-12/h3-4,6,9-10,12-13H,5,7-8H2,1-2H3/t12-,13-/m0/s1. The zero-order valence-corrected chi connectivity index (χ0v) is 12.6. The first-order valence-electron chi connectivity index (χ1n) is 6.89. The van der Waals surface area contributed by atoms with Gasteiger partial charge in [-0.25, -0.2) is 8.42 Å². The average Bonchev–Trinajstić information content (AvgIpc) is 2.70. The number of rotatable bonds is 3. The number of aryl methyl sites for hydroxylation is 1. The molecule has 0 radical (unpaired) electrons. The van der Waals surface area contributed by atoms with Crippen LogP contribution >= 0.6 is 0 Å². The van der Waals surface area contributed by atoms with Crippen LogP contribution in [0, 0.1) is 6.92 Å². The predicted octanol–water partition coefficient (Wildman–Crippen LogP) is 2.49. The van der Waals surface area contributed by atoms with Crippen LogP contribution in [0.5, 0.6) is 5.75 Å². The third kappa shape index (κ3) is 2.05. The Morgan fingerprint density at radius 1 is 1.30 bits per heavy atom. The number of methoxy groups -OCH3 is 1. The molecule has 1 aromatic rings. The van der Waals surface area contributed by atoms with E-state index in [4.69, 9.17) is 4.74 Å². The molecule has 0 spiro atoms. The fourth-order valence-corrected chi connectivity index (χ4v) is 5.24. The summed E-state index contributed by atoms with van der Waals surface area (Å²) in [7, 11) is -2.00. The monoisotopic (exact) mass is 293 g/mol. The molecule has 2 bridgehead atoms. The van der Waals surface area contributed by atoms with Gasteiger partial charge in [0, 0.05) is 12.1 Å². The van der Waals surface area contributed by atoms with Crippen molar-refractivity contribution >= 4 is 10.0 Å². The molecule has 1 aromatic carbocycles. The maximum atomic E-state index is 13.0. The molecular weight excluding hydrogens is 274 g/mol. The Bertz CT molecular complexity index is 651. The fourth-order valence-electron chi connectivity index (χ4n) is 3.16. The van der Waals surface area contributed by atoms with Crippen LogP contribution in [0.25, 0.3) is 0 Å². The molecule has 108 valence electrons. The van der Waals surface area contributed by atoms with Gasteiger partial charge in [-0.15, -0.1) is 0 Å². The molecule has 1 fully saturated rings. The third-order valence-electron chi connectivity index (χ3n) is 4.12. The highest BCUT2D eigenvalue weighted by Gasteiger charge is 2.43. The van der Waals surface area contributed by atoms with Gasteiger partial charge in [0.15, 0.2) is 0 Å². The highest BCUT2D eigenvalue weighted by atomic mass is 32.2. The summed E-state index contributed by atoms with van der Waals surface area (Å²) >= 11 is 0. The normalized spacial score (nSPS) is 25.9. The van der Waals surface area contributed by atoms with Crippen molar-refractivity contribution < 1.29 is 13.2 Å². The highest BCUT2D eigenvalue weighted by molar-refractivity contribution is 7.89. The van der Waals surface area contributed by atoms with Crippen molar-refractivity contribution in [3.05, 3.63) is 35.9 Å². The summed E-state index contributed by atoms with van der Waals surface area (Å²) in [4.78, 5) is 0.284. The van der Waals surface area contributed by atoms with Gasteiger partial charge in [-0.3, -0.25) is 0 Å². The van der Waals surface area contributed by atoms with E-state index in [0.29, 0.717) is 5.75 Å². The lowest BCUT2D eigenvalue weighted by Gasteiger charge is -2.30. The summed E-state index contributed by atoms with van der Waals surface area (Å²) in [5.74, 6) is 0.421. The maximum absolute atomic E-state index is 13.0. The van der Waals surface area contributed by atoms with Crippen molar-refractivity contribution in [1.82, 2.24) is 4.31 Å². The van der Waals surface area contributed by atoms with Gasteiger partial charge in [0.05, 0.1) is 7.11 Å². The third-order valence-corrected chi connectivity index (χ3v) is 6.12. The van der Waals surface area contributed by atoms with E-state index in [1.165, 1.54) is 7.11 Å². The van der Waals surface area contributed by atoms with Gasteiger partial charge in [0.2, 0.25) is 10.0 Å². The second-order valence-electron chi connectivity index (χ2n) is 5.45. The minimum atomic E-state index is -3.51. The molecule has 3 rings (SSSR count). The van der Waals surface area contributed by atoms with E-state index in [1.54, 1.807) is 16.4 Å². The van der Waals surface area contributed by atoms with Gasteiger partial charge in [0.25, 0.3) is 0 Å². The van der Waals surface area contributed by atoms with Crippen molar-refractivity contribution in [2.45, 2.75) is 43.2 Å². The van der Waals surface area contributed by atoms with Crippen LogP contribution in [-0.4, -0.2) is 31.9 Å². The number of nitrogens with zero attached hydrogens (tertiary/aromatic N) is 1. The Balaban J connectivity index is 2.09. The SMILES string of the molecule is COc1ccc(C)cc1S(=O)(=O)N1[C@H]2CC=C[C@H]1CC2. The molecule has 20 heavy (non-hydrogen) atoms. The summed E-state index contributed by atoms with van der Waals surface area (Å²) < 4.78 is 32.9. The second kappa shape index (κ2) is 4.90. The van der Waals surface area contributed by atoms with Gasteiger partial charge < -0.3 is 4.74 Å². The molecule has 0 N–H and O–H groups in total. The predicted molar refractivity (Wildman–Crippen MR) is 77.3 cm³/mol. The van der Waals surface area contributed by atoms with Crippen molar-refractivity contribution in [2.75, 3.05) is 7.11 Å². The molecule has 0 amide bonds. The van der Waals surface area contributed by atoms with Crippen LogP contribution in [0.4, 0.5) is 0 Å². The van der Waals surface area contributed by atoms with Crippen molar-refractivity contribution in [3.8, 4) is 5.75 Å². The zero-order chi connectivity index (χ0) is 14.3. The molecule has 5 heteroatoms. The van der Waals surface area contributed by atoms with Crippen LogP contribution in [0.1, 0.15) is 24.8 Å². The van der Waals surface area contributed by atoms with E-state index in [9.17, 15) is 8.42 Å². The Kier molecular flexibility index (Phi) is 3.34. The molecule has 0 unspecified atom stereocenters. The zero-order valence-electron chi connectivity index (χ0n) is 11.7. The number of fused-ring (bicyclic) bond motifs is 2. The lowest BCUT2D eigenvalue weighted by atomic mass is 10.2. The first-order chi connectivity index (χ1) is 9.54. The summed E-state index contributed by atoms with van der Waals surface area (Å²) in [5.41, 5.74) is 0.921. The highest BCUT2D eigenvalue weighted by Crippen LogP contribution is 2.38. The maximum Gasteiger partial charge on any atom is 0.247 e. The molecule has 1 saturated heterocycles. The topological polar surface area (TPSA) is 46.6 Å². The van der Waals surface area contributed by atoms with E-state index in [-0.39, 0.29) is 17.0 Å². The smallest absolute Gasteiger partial charge is 0.247 e. The second-order valence-corrected chi connectivity index (χ2v) is 7.26. The average molecular weight is 293 g/mol. The number of benzene rings is 1. The Labute approximate surface area is 120 Å². The molecule has 2 atom stereocenters. The molecule has 2 aliphatic heterocycles. The summed E-state index contributed by atoms with van der Waals surface area (Å²) in [6.45, 7) is 1.89. The van der Waals surface area contributed by atoms with E-state index < -0.39 is 10.0 Å². The number of hydrogen-bond acceptors (Lipinski definition) is 3. The minimum absolute atomic E-state index is 0.00367. The van der Waals surface area contributed by atoms with Crippen molar-refractivity contribution in [2.24, 2.45) is 0 Å². The first kappa shape index (κ1) is 13.6. The summed E-state index contributed by atoms with van der Waals surface area (Å²) in [6.07, 6.45) is 6.77. The first-order valence-corrected chi connectivity index (χ1v) is 8.33. The van der Waals surface area contributed by atoms with Gasteiger partial charge in [0.1, 0.15) is 10.6 Å². The molecule has 2 heterocycles. The van der Waals surface area contributed by atoms with Gasteiger partial charge in [-0.2, -0.15) is 4.31 Å². The quantitative estimate of drug-likeness (QED) is 0.804. The molecule has 0 saturated carbocycles. The largest absolute Gasteiger partial charge is 0.495 e. The number of sulfonamides is 1. The lowest BCUT2D eigenvalue weighted by Crippen LogP contribution is -2.42. The van der Waals surface area contributed by atoms with E-state index in [1.807, 2.05) is 19.1 Å². The van der Waals surface area contributed by atoms with Crippen molar-refractivity contribution in [3.63, 3.8) is 0 Å². The van der Waals surface area contributed by atoms with Crippen molar-refractivity contribution in [1.29, 1.82) is 0 Å². The molecule has 2 aliphatic rings. The van der Waals surface area contributed by atoms with Gasteiger partial charge in [-0.05, 0) is 43.9 Å². The van der Waals surface area contributed by atoms with E-state index in [0.717, 1.165) is 24.8 Å². The Morgan fingerprint density at radius 2 is 2.10 bits per heavy atom. The van der Waals surface area contributed by atoms with Crippen LogP contribution in [0.3, 0.4) is 0 Å². The molecule has 0 aromatic heterocycles. The van der Waals surface area contributed by atoms with Crippen LogP contribution in [0.15, 0.2) is 35.2 Å². The molecular formula is C15H19NO3S. The van der Waals surface area contributed by atoms with Crippen LogP contribution in [-0.2, 0) is 10.0 Å². The summed E-state index contributed by atoms with van der Waals surface area (Å²) in [6, 6.07) is 5.39. The van der Waals surface area contributed by atoms with E-state index >= 15 is 0 Å². The molecule has 0 aliphatic carbocycles. The fraction of sp³-hybridized carbons (Fsp3) is 0.467. The Morgan fingerprint density at radius 3 is 2.80 bits per heavy atom. The number of hydrogen-bond donors (Lipinski definition) is 0. The molecule has 4 nitrogen and oxygen atoms in total.